The van der Waals surface area contributed by atoms with Crippen LogP contribution >= 0.6 is 0 Å². The van der Waals surface area contributed by atoms with E-state index in [1.54, 1.807) is 0 Å². The van der Waals surface area contributed by atoms with Gasteiger partial charge in [0, 0.05) is 0 Å². The molecule has 0 heterocycles. The summed E-state index contributed by atoms with van der Waals surface area (Å²) in [7, 11) is 0. The van der Waals surface area contributed by atoms with Gasteiger partial charge in [-0.3, -0.25) is 0 Å². The van der Waals surface area contributed by atoms with Crippen LogP contribution in [0.15, 0.2) is 0 Å². The Balaban J connectivity index is 3.62. The van der Waals surface area contributed by atoms with Crippen LogP contribution in [0.4, 0.5) is 0 Å². The summed E-state index contributed by atoms with van der Waals surface area (Å²) < 4.78 is 0. The molecule has 0 heteroatoms. The Bertz CT molecular complexity index is 166. The topological polar surface area (TPSA) is 0 Å². The van der Waals surface area contributed by atoms with Crippen molar-refractivity contribution in [1.29, 1.82) is 0 Å². The van der Waals surface area contributed by atoms with Crippen molar-refractivity contribution in [2.75, 3.05) is 0 Å². The average Bonchev–Trinajstić information content (AvgIpc) is 2.45. The zero-order valence-corrected chi connectivity index (χ0v) is 15.8. The number of rotatable bonds is 16. The fourth-order valence-electron chi connectivity index (χ4n) is 3.47. The van der Waals surface area contributed by atoms with Crippen molar-refractivity contribution < 1.29 is 0 Å². The molecule has 0 atom stereocenters. The molecule has 0 aromatic carbocycles. The summed E-state index contributed by atoms with van der Waals surface area (Å²) in [4.78, 5) is 0. The van der Waals surface area contributed by atoms with E-state index in [1.807, 2.05) is 0 Å². The smallest absolute Gasteiger partial charge is 0.0412 e. The van der Waals surface area contributed by atoms with Gasteiger partial charge in [-0.25, -0.2) is 0 Å². The Hall–Kier alpha value is 0. The second-order valence-corrected chi connectivity index (χ2v) is 7.61. The van der Waals surface area contributed by atoms with Gasteiger partial charge in [0.15, 0.2) is 0 Å². The highest BCUT2D eigenvalue weighted by Gasteiger charge is 2.10. The molecule has 0 aliphatic carbocycles. The van der Waals surface area contributed by atoms with Crippen LogP contribution in [0.25, 0.3) is 0 Å². The molecular weight excluding hydrogens is 252 g/mol. The lowest BCUT2D eigenvalue weighted by molar-refractivity contribution is 0.339. The van der Waals surface area contributed by atoms with Crippen molar-refractivity contribution in [2.45, 2.75) is 124 Å². The monoisotopic (exact) mass is 296 g/mol. The van der Waals surface area contributed by atoms with Crippen molar-refractivity contribution in [1.82, 2.24) is 0 Å². The molecule has 21 heavy (non-hydrogen) atoms. The molecule has 0 amide bonds. The van der Waals surface area contributed by atoms with Gasteiger partial charge < -0.3 is 0 Å². The van der Waals surface area contributed by atoms with Gasteiger partial charge in [-0.15, -0.1) is 0 Å². The summed E-state index contributed by atoms with van der Waals surface area (Å²) in [5, 5.41) is 0. The predicted octanol–water partition coefficient (Wildman–Crippen LogP) is 8.15. The van der Waals surface area contributed by atoms with E-state index in [0.717, 1.165) is 11.8 Å². The van der Waals surface area contributed by atoms with Crippen molar-refractivity contribution in [3.63, 3.8) is 0 Å². The first kappa shape index (κ1) is 21.0. The minimum atomic E-state index is 0.884. The summed E-state index contributed by atoms with van der Waals surface area (Å²) in [5.41, 5.74) is 0. The molecule has 0 fully saturated rings. The molecule has 0 saturated carbocycles. The number of hydrogen-bond acceptors (Lipinski definition) is 0. The Morgan fingerprint density at radius 2 is 0.905 bits per heavy atom. The molecule has 0 unspecified atom stereocenters. The third-order valence-electron chi connectivity index (χ3n) is 4.74. The lowest BCUT2D eigenvalue weighted by Crippen LogP contribution is -2.05. The highest BCUT2D eigenvalue weighted by molar-refractivity contribution is 4.63. The molecule has 0 radical (unpaired) electrons. The second kappa shape index (κ2) is 16.4. The van der Waals surface area contributed by atoms with E-state index in [4.69, 9.17) is 0 Å². The SMILES string of the molecule is CCCCCCCCC(CCCCCCCC)CC(C)C. The molecule has 0 N–H and O–H groups in total. The first-order valence-electron chi connectivity index (χ1n) is 10.2. The van der Waals surface area contributed by atoms with Crippen molar-refractivity contribution in [2.24, 2.45) is 11.8 Å². The molecule has 128 valence electrons. The van der Waals surface area contributed by atoms with Crippen molar-refractivity contribution >= 4 is 0 Å². The number of unbranched alkanes of at least 4 members (excludes halogenated alkanes) is 10. The Kier molecular flexibility index (Phi) is 16.4. The average molecular weight is 297 g/mol. The molecule has 0 aromatic rings. The van der Waals surface area contributed by atoms with Gasteiger partial charge in [0.2, 0.25) is 0 Å². The normalized spacial score (nSPS) is 11.7. The van der Waals surface area contributed by atoms with Crippen LogP contribution in [0.3, 0.4) is 0 Å². The minimum Gasteiger partial charge on any atom is -0.0654 e. The van der Waals surface area contributed by atoms with Crippen molar-refractivity contribution in [3.8, 4) is 0 Å². The third kappa shape index (κ3) is 16.2. The predicted molar refractivity (Wildman–Crippen MR) is 98.9 cm³/mol. The minimum absolute atomic E-state index is 0.884. The molecule has 0 rings (SSSR count). The maximum Gasteiger partial charge on any atom is -0.0412 e. The molecule has 0 nitrogen and oxygen atoms in total. The maximum absolute atomic E-state index is 2.40. The van der Waals surface area contributed by atoms with Crippen LogP contribution in [0.1, 0.15) is 124 Å². The van der Waals surface area contributed by atoms with Gasteiger partial charge in [0.1, 0.15) is 0 Å². The summed E-state index contributed by atoms with van der Waals surface area (Å²) >= 11 is 0. The van der Waals surface area contributed by atoms with E-state index in [9.17, 15) is 0 Å². The fourth-order valence-corrected chi connectivity index (χ4v) is 3.47. The highest BCUT2D eigenvalue weighted by atomic mass is 14.2. The highest BCUT2D eigenvalue weighted by Crippen LogP contribution is 2.25. The quantitative estimate of drug-likeness (QED) is 0.252. The van der Waals surface area contributed by atoms with Crippen molar-refractivity contribution in [3.05, 3.63) is 0 Å². The van der Waals surface area contributed by atoms with Crippen LogP contribution in [0.5, 0.6) is 0 Å². The molecule has 0 spiro atoms. The van der Waals surface area contributed by atoms with E-state index in [0.29, 0.717) is 0 Å². The van der Waals surface area contributed by atoms with E-state index in [2.05, 4.69) is 27.7 Å². The standard InChI is InChI=1S/C21H44/c1-5-7-9-11-13-15-17-21(19-20(3)4)18-16-14-12-10-8-6-2/h20-21H,5-19H2,1-4H3. The van der Waals surface area contributed by atoms with Crippen LogP contribution in [-0.2, 0) is 0 Å². The Labute approximate surface area is 136 Å². The summed E-state index contributed by atoms with van der Waals surface area (Å²) in [6.45, 7) is 9.41. The van der Waals surface area contributed by atoms with E-state index >= 15 is 0 Å². The van der Waals surface area contributed by atoms with Gasteiger partial charge in [-0.2, -0.15) is 0 Å². The molecule has 0 bridgehead atoms. The van der Waals surface area contributed by atoms with E-state index in [1.165, 1.54) is 96.3 Å². The summed E-state index contributed by atoms with van der Waals surface area (Å²) in [6, 6.07) is 0. The lowest BCUT2D eigenvalue weighted by Gasteiger charge is -2.19. The molecule has 0 aliphatic rings. The fraction of sp³-hybridized carbons (Fsp3) is 1.00. The zero-order chi connectivity index (χ0) is 15.8. The first-order valence-corrected chi connectivity index (χ1v) is 10.2. The zero-order valence-electron chi connectivity index (χ0n) is 15.8. The van der Waals surface area contributed by atoms with Gasteiger partial charge in [0.05, 0.1) is 0 Å². The van der Waals surface area contributed by atoms with Crippen LogP contribution in [-0.4, -0.2) is 0 Å². The van der Waals surface area contributed by atoms with Gasteiger partial charge in [-0.1, -0.05) is 118 Å². The largest absolute Gasteiger partial charge is 0.0654 e. The molecular formula is C21H44. The van der Waals surface area contributed by atoms with Crippen LogP contribution in [0.2, 0.25) is 0 Å². The van der Waals surface area contributed by atoms with Gasteiger partial charge in [0.25, 0.3) is 0 Å². The molecule has 0 aliphatic heterocycles. The summed E-state index contributed by atoms with van der Waals surface area (Å²) in [5.74, 6) is 1.90. The Morgan fingerprint density at radius 1 is 0.524 bits per heavy atom. The first-order chi connectivity index (χ1) is 10.2. The van der Waals surface area contributed by atoms with Gasteiger partial charge >= 0.3 is 0 Å². The van der Waals surface area contributed by atoms with Crippen LogP contribution in [0, 0.1) is 11.8 Å². The van der Waals surface area contributed by atoms with Crippen LogP contribution < -0.4 is 0 Å². The summed E-state index contributed by atoms with van der Waals surface area (Å²) in [6.07, 6.45) is 21.9. The molecule has 0 aromatic heterocycles. The van der Waals surface area contributed by atoms with Gasteiger partial charge in [-0.05, 0) is 18.3 Å². The maximum atomic E-state index is 2.40. The third-order valence-corrected chi connectivity index (χ3v) is 4.74. The molecule has 0 saturated heterocycles. The Morgan fingerprint density at radius 3 is 1.29 bits per heavy atom. The van der Waals surface area contributed by atoms with E-state index in [-0.39, 0.29) is 0 Å². The second-order valence-electron chi connectivity index (χ2n) is 7.61. The number of hydrogen-bond donors (Lipinski definition) is 0. The van der Waals surface area contributed by atoms with E-state index < -0.39 is 0 Å². The lowest BCUT2D eigenvalue weighted by atomic mass is 9.87.